The van der Waals surface area contributed by atoms with Crippen LogP contribution in [0.1, 0.15) is 40.3 Å². The van der Waals surface area contributed by atoms with Crippen LogP contribution in [0.15, 0.2) is 65.2 Å². The first-order chi connectivity index (χ1) is 16.0. The van der Waals surface area contributed by atoms with Crippen LogP contribution < -0.4 is 5.32 Å². The van der Waals surface area contributed by atoms with Gasteiger partial charge in [0.05, 0.1) is 24.4 Å². The Labute approximate surface area is 199 Å². The molecule has 0 bridgehead atoms. The van der Waals surface area contributed by atoms with Gasteiger partial charge in [0.25, 0.3) is 0 Å². The molecule has 8 heteroatoms. The zero-order chi connectivity index (χ0) is 23.4. The lowest BCUT2D eigenvalue weighted by Gasteiger charge is -2.26. The SMILES string of the molecule is COC(=O)c1ccc(-c2ccc([C@H]3[C@@H](c4ccccn4)NC(=S)N3CCCN(C)C)o2)cc1. The maximum absolute atomic E-state index is 11.7. The molecule has 0 spiro atoms. The number of thiocarbonyl (C=S) groups is 1. The molecule has 2 aromatic heterocycles. The zero-order valence-corrected chi connectivity index (χ0v) is 19.8. The second kappa shape index (κ2) is 10.1. The Morgan fingerprint density at radius 2 is 1.97 bits per heavy atom. The third kappa shape index (κ3) is 5.07. The number of rotatable bonds is 8. The van der Waals surface area contributed by atoms with Crippen LogP contribution in [-0.4, -0.2) is 60.2 Å². The van der Waals surface area contributed by atoms with Gasteiger partial charge in [0, 0.05) is 18.3 Å². The number of pyridine rings is 1. The molecule has 1 aromatic carbocycles. The molecule has 0 amide bonds. The topological polar surface area (TPSA) is 70.8 Å². The summed E-state index contributed by atoms with van der Waals surface area (Å²) in [6, 6.07) is 16.8. The van der Waals surface area contributed by atoms with Crippen LogP contribution in [0.25, 0.3) is 11.3 Å². The predicted octanol–water partition coefficient (Wildman–Crippen LogP) is 4.05. The number of carbonyl (C=O) groups is 1. The first kappa shape index (κ1) is 22.9. The summed E-state index contributed by atoms with van der Waals surface area (Å²) >= 11 is 5.71. The third-order valence-electron chi connectivity index (χ3n) is 5.71. The highest BCUT2D eigenvalue weighted by Crippen LogP contribution is 2.40. The second-order valence-electron chi connectivity index (χ2n) is 8.25. The number of nitrogens with one attached hydrogen (secondary N) is 1. The van der Waals surface area contributed by atoms with Crippen molar-refractivity contribution in [1.29, 1.82) is 0 Å². The molecule has 7 nitrogen and oxygen atoms in total. The Morgan fingerprint density at radius 1 is 1.18 bits per heavy atom. The van der Waals surface area contributed by atoms with E-state index in [0.29, 0.717) is 10.7 Å². The zero-order valence-electron chi connectivity index (χ0n) is 19.0. The quantitative estimate of drug-likeness (QED) is 0.396. The molecule has 0 radical (unpaired) electrons. The van der Waals surface area contributed by atoms with Crippen molar-refractivity contribution in [2.75, 3.05) is 34.3 Å². The summed E-state index contributed by atoms with van der Waals surface area (Å²) in [5.74, 6) is 1.18. The molecular formula is C25H28N4O3S. The van der Waals surface area contributed by atoms with Gasteiger partial charge in [-0.2, -0.15) is 0 Å². The number of methoxy groups -OCH3 is 1. The average molecular weight is 465 g/mol. The lowest BCUT2D eigenvalue weighted by molar-refractivity contribution is 0.0600. The number of ether oxygens (including phenoxy) is 1. The molecule has 1 aliphatic rings. The van der Waals surface area contributed by atoms with Crippen molar-refractivity contribution in [3.05, 3.63) is 77.8 Å². The minimum atomic E-state index is -0.362. The molecule has 1 aliphatic heterocycles. The van der Waals surface area contributed by atoms with Gasteiger partial charge in [-0.1, -0.05) is 18.2 Å². The Hall–Kier alpha value is -3.23. The van der Waals surface area contributed by atoms with Gasteiger partial charge in [0.15, 0.2) is 5.11 Å². The Balaban J connectivity index is 1.63. The highest BCUT2D eigenvalue weighted by Gasteiger charge is 2.41. The number of furan rings is 1. The maximum atomic E-state index is 11.7. The van der Waals surface area contributed by atoms with Crippen molar-refractivity contribution >= 4 is 23.3 Å². The standard InChI is InChI=1S/C25H28N4O3S/c1-28(2)15-6-16-29-23(22(27-25(29)33)19-7-4-5-14-26-19)21-13-12-20(32-21)17-8-10-18(11-9-17)24(30)31-3/h4-5,7-14,22-23H,6,15-16H2,1-3H3,(H,27,33)/t22-,23+/m1/s1. The monoisotopic (exact) mass is 464 g/mol. The molecule has 2 atom stereocenters. The molecule has 1 N–H and O–H groups in total. The van der Waals surface area contributed by atoms with E-state index >= 15 is 0 Å². The van der Waals surface area contributed by atoms with Crippen LogP contribution in [0.3, 0.4) is 0 Å². The molecule has 0 saturated carbocycles. The summed E-state index contributed by atoms with van der Waals surface area (Å²) in [5.41, 5.74) is 2.30. The van der Waals surface area contributed by atoms with Gasteiger partial charge in [-0.15, -0.1) is 0 Å². The molecule has 0 unspecified atom stereocenters. The maximum Gasteiger partial charge on any atom is 0.337 e. The van der Waals surface area contributed by atoms with Crippen LogP contribution in [-0.2, 0) is 4.74 Å². The summed E-state index contributed by atoms with van der Waals surface area (Å²) in [6.45, 7) is 1.78. The summed E-state index contributed by atoms with van der Waals surface area (Å²) < 4.78 is 11.1. The molecular weight excluding hydrogens is 436 g/mol. The van der Waals surface area contributed by atoms with Gasteiger partial charge < -0.3 is 24.3 Å². The van der Waals surface area contributed by atoms with Gasteiger partial charge in [-0.25, -0.2) is 4.79 Å². The normalized spacial score (nSPS) is 17.9. The minimum absolute atomic E-state index is 0.112. The van der Waals surface area contributed by atoms with Gasteiger partial charge in [0.1, 0.15) is 17.6 Å². The van der Waals surface area contributed by atoms with Gasteiger partial charge in [-0.3, -0.25) is 4.98 Å². The van der Waals surface area contributed by atoms with Gasteiger partial charge >= 0.3 is 5.97 Å². The number of benzene rings is 1. The fourth-order valence-corrected chi connectivity index (χ4v) is 4.40. The van der Waals surface area contributed by atoms with Gasteiger partial charge in [0.2, 0.25) is 0 Å². The predicted molar refractivity (Wildman–Crippen MR) is 131 cm³/mol. The summed E-state index contributed by atoms with van der Waals surface area (Å²) in [5, 5.41) is 4.16. The number of carbonyl (C=O) groups excluding carboxylic acids is 1. The van der Waals surface area contributed by atoms with Crippen molar-refractivity contribution in [3.8, 4) is 11.3 Å². The lowest BCUT2D eigenvalue weighted by Crippen LogP contribution is -2.32. The van der Waals surface area contributed by atoms with E-state index in [9.17, 15) is 4.79 Å². The molecule has 1 saturated heterocycles. The van der Waals surface area contributed by atoms with E-state index in [-0.39, 0.29) is 18.1 Å². The number of hydrogen-bond donors (Lipinski definition) is 1. The fourth-order valence-electron chi connectivity index (χ4n) is 4.07. The molecule has 3 aromatic rings. The van der Waals surface area contributed by atoms with Crippen LogP contribution >= 0.6 is 12.2 Å². The smallest absolute Gasteiger partial charge is 0.337 e. The molecule has 172 valence electrons. The number of aromatic nitrogens is 1. The van der Waals surface area contributed by atoms with Crippen molar-refractivity contribution < 1.29 is 13.9 Å². The largest absolute Gasteiger partial charge is 0.465 e. The molecule has 0 aliphatic carbocycles. The van der Waals surface area contributed by atoms with Gasteiger partial charge in [-0.05, 0) is 75.7 Å². The Kier molecular flexibility index (Phi) is 7.05. The van der Waals surface area contributed by atoms with E-state index in [2.05, 4.69) is 34.2 Å². The molecule has 33 heavy (non-hydrogen) atoms. The van der Waals surface area contributed by atoms with Crippen molar-refractivity contribution in [2.24, 2.45) is 0 Å². The van der Waals surface area contributed by atoms with E-state index in [1.807, 2.05) is 42.5 Å². The number of nitrogens with zero attached hydrogens (tertiary/aromatic N) is 3. The second-order valence-corrected chi connectivity index (χ2v) is 8.63. The molecule has 3 heterocycles. The first-order valence-corrected chi connectivity index (χ1v) is 11.3. The third-order valence-corrected chi connectivity index (χ3v) is 6.06. The summed E-state index contributed by atoms with van der Waals surface area (Å²) in [4.78, 5) is 20.7. The highest BCUT2D eigenvalue weighted by atomic mass is 32.1. The van der Waals surface area contributed by atoms with E-state index in [0.717, 1.165) is 42.3 Å². The van der Waals surface area contributed by atoms with Crippen molar-refractivity contribution in [1.82, 2.24) is 20.1 Å². The van der Waals surface area contributed by atoms with Crippen LogP contribution in [0.2, 0.25) is 0 Å². The minimum Gasteiger partial charge on any atom is -0.465 e. The van der Waals surface area contributed by atoms with E-state index in [1.165, 1.54) is 7.11 Å². The summed E-state index contributed by atoms with van der Waals surface area (Å²) in [6.07, 6.45) is 2.77. The fraction of sp³-hybridized carbons (Fsp3) is 0.320. The molecule has 4 rings (SSSR count). The van der Waals surface area contributed by atoms with E-state index < -0.39 is 0 Å². The van der Waals surface area contributed by atoms with Crippen LogP contribution in [0, 0.1) is 0 Å². The first-order valence-electron chi connectivity index (χ1n) is 10.9. The Morgan fingerprint density at radius 3 is 2.64 bits per heavy atom. The van der Waals surface area contributed by atoms with Crippen LogP contribution in [0.4, 0.5) is 0 Å². The van der Waals surface area contributed by atoms with E-state index in [4.69, 9.17) is 21.4 Å². The van der Waals surface area contributed by atoms with E-state index in [1.54, 1.807) is 18.3 Å². The average Bonchev–Trinajstić information content (AvgIpc) is 3.44. The Bertz CT molecular complexity index is 1100. The number of esters is 1. The number of hydrogen-bond acceptors (Lipinski definition) is 6. The van der Waals surface area contributed by atoms with Crippen LogP contribution in [0.5, 0.6) is 0 Å². The summed E-state index contributed by atoms with van der Waals surface area (Å²) in [7, 11) is 5.51. The lowest BCUT2D eigenvalue weighted by atomic mass is 10.0. The van der Waals surface area contributed by atoms with Crippen molar-refractivity contribution in [3.63, 3.8) is 0 Å². The molecule has 1 fully saturated rings. The van der Waals surface area contributed by atoms with Crippen molar-refractivity contribution in [2.45, 2.75) is 18.5 Å². The highest BCUT2D eigenvalue weighted by molar-refractivity contribution is 7.80.